The third-order valence-corrected chi connectivity index (χ3v) is 4.60. The van der Waals surface area contributed by atoms with Crippen molar-refractivity contribution in [2.75, 3.05) is 7.11 Å². The highest BCUT2D eigenvalue weighted by atomic mass is 16.5. The molecule has 5 nitrogen and oxygen atoms in total. The van der Waals surface area contributed by atoms with Crippen LogP contribution in [-0.2, 0) is 0 Å². The first-order valence-corrected chi connectivity index (χ1v) is 9.11. The number of ketones is 1. The third-order valence-electron chi connectivity index (χ3n) is 4.60. The molecule has 1 N–H and O–H groups in total. The molecule has 4 rings (SSSR count). The number of Topliss-reactive ketones (excluding diaryl/α,β-unsaturated/α-hetero) is 1. The van der Waals surface area contributed by atoms with E-state index in [2.05, 4.69) is 4.98 Å². The lowest BCUT2D eigenvalue weighted by Crippen LogP contribution is -2.03. The van der Waals surface area contributed by atoms with Gasteiger partial charge in [0.05, 0.1) is 12.7 Å². The Morgan fingerprint density at radius 1 is 1.07 bits per heavy atom. The van der Waals surface area contributed by atoms with E-state index in [9.17, 15) is 9.90 Å². The molecule has 0 aliphatic carbocycles. The molecular weight excluding hydrogens is 366 g/mol. The fraction of sp³-hybridized carbons (Fsp3) is 0.0833. The standard InChI is InChI=1S/C24H19NO4/c1-15-7-10-17(11-8-15)23(27)18(13-16-9-12-20(26)22(14-16)28-2)24-25-19-5-3-4-6-21(19)29-24/h3-14,26H,1-2H3. The molecule has 4 aromatic rings. The molecule has 0 aliphatic rings. The molecule has 0 saturated heterocycles. The average Bonchev–Trinajstić information content (AvgIpc) is 3.17. The van der Waals surface area contributed by atoms with Gasteiger partial charge in [0.25, 0.3) is 0 Å². The molecule has 1 heterocycles. The van der Waals surface area contributed by atoms with E-state index < -0.39 is 0 Å². The number of hydrogen-bond donors (Lipinski definition) is 1. The quantitative estimate of drug-likeness (QED) is 0.374. The van der Waals surface area contributed by atoms with Gasteiger partial charge in [-0.3, -0.25) is 4.79 Å². The zero-order valence-electron chi connectivity index (χ0n) is 16.0. The number of aromatic hydroxyl groups is 1. The number of para-hydroxylation sites is 2. The maximum absolute atomic E-state index is 13.3. The third kappa shape index (κ3) is 3.75. The molecule has 3 aromatic carbocycles. The topological polar surface area (TPSA) is 72.6 Å². The Hall–Kier alpha value is -3.86. The van der Waals surface area contributed by atoms with Crippen molar-refractivity contribution < 1.29 is 19.1 Å². The number of aryl methyl sites for hydroxylation is 1. The number of hydrogen-bond acceptors (Lipinski definition) is 5. The molecule has 0 spiro atoms. The second-order valence-electron chi connectivity index (χ2n) is 6.67. The molecule has 0 radical (unpaired) electrons. The summed E-state index contributed by atoms with van der Waals surface area (Å²) < 4.78 is 11.0. The summed E-state index contributed by atoms with van der Waals surface area (Å²) in [6.07, 6.45) is 1.69. The molecule has 0 unspecified atom stereocenters. The fourth-order valence-electron chi connectivity index (χ4n) is 3.02. The van der Waals surface area contributed by atoms with Gasteiger partial charge in [-0.05, 0) is 42.8 Å². The molecule has 0 bridgehead atoms. The largest absolute Gasteiger partial charge is 0.504 e. The van der Waals surface area contributed by atoms with E-state index >= 15 is 0 Å². The SMILES string of the molecule is COc1cc(C=C(C(=O)c2ccc(C)cc2)c2nc3ccccc3o2)ccc1O. The highest BCUT2D eigenvalue weighted by molar-refractivity contribution is 6.31. The second-order valence-corrected chi connectivity index (χ2v) is 6.67. The lowest BCUT2D eigenvalue weighted by Gasteiger charge is -2.07. The summed E-state index contributed by atoms with van der Waals surface area (Å²) in [5.41, 5.74) is 3.88. The number of allylic oxidation sites excluding steroid dienone is 1. The Kier molecular flexibility index (Phi) is 4.87. The van der Waals surface area contributed by atoms with Crippen LogP contribution in [0.3, 0.4) is 0 Å². The molecule has 1 aromatic heterocycles. The molecule has 0 atom stereocenters. The van der Waals surface area contributed by atoms with E-state index in [0.29, 0.717) is 33.5 Å². The van der Waals surface area contributed by atoms with Crippen molar-refractivity contribution in [3.63, 3.8) is 0 Å². The molecule has 5 heteroatoms. The Balaban J connectivity index is 1.86. The first-order valence-electron chi connectivity index (χ1n) is 9.11. The van der Waals surface area contributed by atoms with Crippen LogP contribution in [0.15, 0.2) is 71.1 Å². The predicted molar refractivity (Wildman–Crippen MR) is 112 cm³/mol. The molecule has 29 heavy (non-hydrogen) atoms. The number of oxazole rings is 1. The summed E-state index contributed by atoms with van der Waals surface area (Å²) in [5, 5.41) is 9.85. The smallest absolute Gasteiger partial charge is 0.231 e. The minimum absolute atomic E-state index is 0.0259. The number of phenolic OH excluding ortho intramolecular Hbond substituents is 1. The predicted octanol–water partition coefficient (Wildman–Crippen LogP) is 5.27. The van der Waals surface area contributed by atoms with Gasteiger partial charge in [-0.15, -0.1) is 0 Å². The number of rotatable bonds is 5. The summed E-state index contributed by atoms with van der Waals surface area (Å²) in [6, 6.07) is 19.6. The van der Waals surface area contributed by atoms with E-state index in [1.165, 1.54) is 13.2 Å². The number of carbonyl (C=O) groups is 1. The van der Waals surface area contributed by atoms with E-state index in [1.54, 1.807) is 30.3 Å². The van der Waals surface area contributed by atoms with Crippen LogP contribution < -0.4 is 4.74 Å². The maximum Gasteiger partial charge on any atom is 0.231 e. The van der Waals surface area contributed by atoms with E-state index in [1.807, 2.05) is 43.3 Å². The molecular formula is C24H19NO4. The Labute approximate surface area is 167 Å². The van der Waals surface area contributed by atoms with Gasteiger partial charge < -0.3 is 14.3 Å². The van der Waals surface area contributed by atoms with Gasteiger partial charge in [0, 0.05) is 5.56 Å². The van der Waals surface area contributed by atoms with Crippen LogP contribution in [0, 0.1) is 6.92 Å². The van der Waals surface area contributed by atoms with Crippen LogP contribution in [0.1, 0.15) is 27.4 Å². The summed E-state index contributed by atoms with van der Waals surface area (Å²) in [4.78, 5) is 17.8. The van der Waals surface area contributed by atoms with Gasteiger partial charge in [-0.1, -0.05) is 48.0 Å². The van der Waals surface area contributed by atoms with E-state index in [4.69, 9.17) is 9.15 Å². The lowest BCUT2D eigenvalue weighted by molar-refractivity contribution is 0.105. The van der Waals surface area contributed by atoms with Crippen molar-refractivity contribution in [3.8, 4) is 11.5 Å². The summed E-state index contributed by atoms with van der Waals surface area (Å²) >= 11 is 0. The highest BCUT2D eigenvalue weighted by Crippen LogP contribution is 2.30. The lowest BCUT2D eigenvalue weighted by atomic mass is 10.00. The van der Waals surface area contributed by atoms with Gasteiger partial charge in [0.15, 0.2) is 22.9 Å². The first kappa shape index (κ1) is 18.5. The number of aromatic nitrogens is 1. The number of carbonyl (C=O) groups excluding carboxylic acids is 1. The minimum atomic E-state index is -0.205. The van der Waals surface area contributed by atoms with Gasteiger partial charge in [-0.2, -0.15) is 0 Å². The van der Waals surface area contributed by atoms with Crippen LogP contribution in [-0.4, -0.2) is 23.0 Å². The van der Waals surface area contributed by atoms with Crippen molar-refractivity contribution in [1.29, 1.82) is 0 Å². The van der Waals surface area contributed by atoms with Crippen molar-refractivity contribution in [3.05, 3.63) is 89.3 Å². The Bertz CT molecular complexity index is 1190. The zero-order valence-corrected chi connectivity index (χ0v) is 16.0. The fourth-order valence-corrected chi connectivity index (χ4v) is 3.02. The normalized spacial score (nSPS) is 11.6. The number of benzene rings is 3. The first-order chi connectivity index (χ1) is 14.0. The zero-order chi connectivity index (χ0) is 20.4. The highest BCUT2D eigenvalue weighted by Gasteiger charge is 2.20. The number of ether oxygens (including phenoxy) is 1. The monoisotopic (exact) mass is 385 g/mol. The van der Waals surface area contributed by atoms with Crippen molar-refractivity contribution in [1.82, 2.24) is 4.98 Å². The summed E-state index contributed by atoms with van der Waals surface area (Å²) in [7, 11) is 1.47. The van der Waals surface area contributed by atoms with Crippen molar-refractivity contribution in [2.24, 2.45) is 0 Å². The minimum Gasteiger partial charge on any atom is -0.504 e. The van der Waals surface area contributed by atoms with Crippen LogP contribution in [0.2, 0.25) is 0 Å². The van der Waals surface area contributed by atoms with Crippen LogP contribution >= 0.6 is 0 Å². The Morgan fingerprint density at radius 2 is 1.83 bits per heavy atom. The average molecular weight is 385 g/mol. The number of fused-ring (bicyclic) bond motifs is 1. The van der Waals surface area contributed by atoms with Gasteiger partial charge in [-0.25, -0.2) is 4.98 Å². The van der Waals surface area contributed by atoms with E-state index in [0.717, 1.165) is 5.56 Å². The Morgan fingerprint density at radius 3 is 2.55 bits per heavy atom. The second kappa shape index (κ2) is 7.64. The number of nitrogens with zero attached hydrogens (tertiary/aromatic N) is 1. The molecule has 0 aliphatic heterocycles. The van der Waals surface area contributed by atoms with Gasteiger partial charge in [0.2, 0.25) is 5.89 Å². The van der Waals surface area contributed by atoms with Crippen LogP contribution in [0.25, 0.3) is 22.7 Å². The van der Waals surface area contributed by atoms with Gasteiger partial charge in [0.1, 0.15) is 5.52 Å². The molecule has 0 saturated carbocycles. The summed E-state index contributed by atoms with van der Waals surface area (Å²) in [5.74, 6) is 0.379. The number of phenols is 1. The van der Waals surface area contributed by atoms with Crippen LogP contribution in [0.4, 0.5) is 0 Å². The molecule has 0 amide bonds. The summed E-state index contributed by atoms with van der Waals surface area (Å²) in [6.45, 7) is 1.97. The van der Waals surface area contributed by atoms with Crippen molar-refractivity contribution >= 4 is 28.5 Å². The van der Waals surface area contributed by atoms with Crippen molar-refractivity contribution in [2.45, 2.75) is 6.92 Å². The van der Waals surface area contributed by atoms with E-state index in [-0.39, 0.29) is 17.4 Å². The number of methoxy groups -OCH3 is 1. The van der Waals surface area contributed by atoms with Crippen LogP contribution in [0.5, 0.6) is 11.5 Å². The maximum atomic E-state index is 13.3. The molecule has 144 valence electrons. The van der Waals surface area contributed by atoms with Gasteiger partial charge >= 0.3 is 0 Å². The molecule has 0 fully saturated rings.